The van der Waals surface area contributed by atoms with Crippen LogP contribution in [0, 0.1) is 5.41 Å². The summed E-state index contributed by atoms with van der Waals surface area (Å²) >= 11 is 0. The topological polar surface area (TPSA) is 21.3 Å². The van der Waals surface area contributed by atoms with E-state index in [1.165, 1.54) is 44.1 Å². The Balaban J connectivity index is 1.39. The van der Waals surface area contributed by atoms with E-state index in [4.69, 9.17) is 4.74 Å². The lowest BCUT2D eigenvalue weighted by atomic mass is 9.51. The Morgan fingerprint density at radius 3 is 2.70 bits per heavy atom. The molecule has 3 rings (SSSR count). The molecular formula is C18H27NO. The van der Waals surface area contributed by atoms with Gasteiger partial charge in [0.1, 0.15) is 0 Å². The van der Waals surface area contributed by atoms with E-state index in [0.29, 0.717) is 17.6 Å². The molecule has 20 heavy (non-hydrogen) atoms. The summed E-state index contributed by atoms with van der Waals surface area (Å²) in [5, 5.41) is 3.79. The van der Waals surface area contributed by atoms with Crippen molar-refractivity contribution in [2.24, 2.45) is 5.41 Å². The molecule has 2 unspecified atom stereocenters. The predicted octanol–water partition coefficient (Wildman–Crippen LogP) is 3.56. The van der Waals surface area contributed by atoms with Crippen molar-refractivity contribution in [1.29, 1.82) is 0 Å². The van der Waals surface area contributed by atoms with Crippen molar-refractivity contribution >= 4 is 0 Å². The van der Waals surface area contributed by atoms with Gasteiger partial charge in [0.25, 0.3) is 0 Å². The molecule has 2 fully saturated rings. The molecule has 0 radical (unpaired) electrons. The van der Waals surface area contributed by atoms with E-state index >= 15 is 0 Å². The van der Waals surface area contributed by atoms with Crippen molar-refractivity contribution in [2.45, 2.75) is 57.6 Å². The molecule has 0 aliphatic heterocycles. The van der Waals surface area contributed by atoms with E-state index in [1.54, 1.807) is 0 Å². The van der Waals surface area contributed by atoms with Crippen LogP contribution in [0.15, 0.2) is 30.3 Å². The Labute approximate surface area is 122 Å². The summed E-state index contributed by atoms with van der Waals surface area (Å²) in [6.07, 6.45) is 8.30. The molecular weight excluding hydrogens is 246 g/mol. The van der Waals surface area contributed by atoms with Gasteiger partial charge in [-0.1, -0.05) is 36.8 Å². The van der Waals surface area contributed by atoms with Crippen molar-refractivity contribution < 1.29 is 4.74 Å². The van der Waals surface area contributed by atoms with Crippen LogP contribution in [-0.2, 0) is 11.2 Å². The molecule has 1 aromatic carbocycles. The van der Waals surface area contributed by atoms with Gasteiger partial charge >= 0.3 is 0 Å². The van der Waals surface area contributed by atoms with E-state index in [-0.39, 0.29) is 0 Å². The molecule has 2 nitrogen and oxygen atoms in total. The van der Waals surface area contributed by atoms with Gasteiger partial charge in [0.15, 0.2) is 0 Å². The lowest BCUT2D eigenvalue weighted by Crippen LogP contribution is -2.66. The van der Waals surface area contributed by atoms with Crippen LogP contribution in [0.25, 0.3) is 0 Å². The van der Waals surface area contributed by atoms with E-state index in [9.17, 15) is 0 Å². The summed E-state index contributed by atoms with van der Waals surface area (Å²) < 4.78 is 5.90. The Morgan fingerprint density at radius 2 is 2.05 bits per heavy atom. The summed E-state index contributed by atoms with van der Waals surface area (Å²) in [7, 11) is 0. The molecule has 110 valence electrons. The zero-order valence-electron chi connectivity index (χ0n) is 12.6. The largest absolute Gasteiger partial charge is 0.378 e. The first-order valence-electron chi connectivity index (χ1n) is 8.24. The molecule has 2 saturated carbocycles. The number of benzene rings is 1. The predicted molar refractivity (Wildman–Crippen MR) is 82.9 cm³/mol. The third kappa shape index (κ3) is 2.64. The van der Waals surface area contributed by atoms with E-state index in [1.807, 2.05) is 0 Å². The first-order valence-corrected chi connectivity index (χ1v) is 8.24. The van der Waals surface area contributed by atoms with Gasteiger partial charge in [-0.2, -0.15) is 0 Å². The monoisotopic (exact) mass is 273 g/mol. The second-order valence-corrected chi connectivity index (χ2v) is 6.36. The van der Waals surface area contributed by atoms with Gasteiger partial charge in [-0.05, 0) is 51.1 Å². The third-order valence-corrected chi connectivity index (χ3v) is 5.31. The quantitative estimate of drug-likeness (QED) is 0.767. The summed E-state index contributed by atoms with van der Waals surface area (Å²) in [5.41, 5.74) is 1.96. The highest BCUT2D eigenvalue weighted by Gasteiger charge is 2.58. The highest BCUT2D eigenvalue weighted by atomic mass is 16.5. The molecule has 0 amide bonds. The molecule has 2 aliphatic rings. The number of hydrogen-bond donors (Lipinski definition) is 1. The molecule has 1 aromatic rings. The number of hydrogen-bond acceptors (Lipinski definition) is 2. The molecule has 2 aliphatic carbocycles. The first-order chi connectivity index (χ1) is 9.85. The fourth-order valence-electron chi connectivity index (χ4n) is 3.94. The lowest BCUT2D eigenvalue weighted by molar-refractivity contribution is -0.172. The summed E-state index contributed by atoms with van der Waals surface area (Å²) in [4.78, 5) is 0. The van der Waals surface area contributed by atoms with Gasteiger partial charge in [0, 0.05) is 18.1 Å². The first kappa shape index (κ1) is 14.1. The second kappa shape index (κ2) is 6.28. The standard InChI is InChI=1S/C18H27NO/c1-2-20-17-14-16(18(17)11-7-12-18)19-13-6-10-15-8-4-3-5-9-15/h3-5,8-9,16-17,19H,2,6-7,10-14H2,1H3. The molecule has 2 atom stereocenters. The minimum Gasteiger partial charge on any atom is -0.378 e. The second-order valence-electron chi connectivity index (χ2n) is 6.36. The van der Waals surface area contributed by atoms with E-state index < -0.39 is 0 Å². The van der Waals surface area contributed by atoms with Crippen molar-refractivity contribution in [3.05, 3.63) is 35.9 Å². The number of nitrogens with one attached hydrogen (secondary N) is 1. The van der Waals surface area contributed by atoms with E-state index in [2.05, 4.69) is 42.6 Å². The minimum absolute atomic E-state index is 0.503. The molecule has 2 heteroatoms. The van der Waals surface area contributed by atoms with Gasteiger partial charge < -0.3 is 10.1 Å². The van der Waals surface area contributed by atoms with Crippen molar-refractivity contribution in [1.82, 2.24) is 5.32 Å². The average molecular weight is 273 g/mol. The fraction of sp³-hybridized carbons (Fsp3) is 0.667. The van der Waals surface area contributed by atoms with Gasteiger partial charge in [-0.3, -0.25) is 0 Å². The van der Waals surface area contributed by atoms with Crippen LogP contribution in [0.3, 0.4) is 0 Å². The van der Waals surface area contributed by atoms with Crippen LogP contribution in [0.5, 0.6) is 0 Å². The van der Waals surface area contributed by atoms with Crippen LogP contribution >= 0.6 is 0 Å². The Morgan fingerprint density at radius 1 is 1.25 bits per heavy atom. The average Bonchev–Trinajstić information content (AvgIpc) is 2.40. The zero-order valence-corrected chi connectivity index (χ0v) is 12.6. The smallest absolute Gasteiger partial charge is 0.0661 e. The summed E-state index contributed by atoms with van der Waals surface area (Å²) in [6.45, 7) is 4.13. The highest BCUT2D eigenvalue weighted by Crippen LogP contribution is 2.57. The number of rotatable bonds is 7. The summed E-state index contributed by atoms with van der Waals surface area (Å²) in [6, 6.07) is 11.5. The Hall–Kier alpha value is -0.860. The maximum Gasteiger partial charge on any atom is 0.0661 e. The Kier molecular flexibility index (Phi) is 4.42. The fourth-order valence-corrected chi connectivity index (χ4v) is 3.94. The van der Waals surface area contributed by atoms with Crippen LogP contribution < -0.4 is 5.32 Å². The van der Waals surface area contributed by atoms with Gasteiger partial charge in [0.2, 0.25) is 0 Å². The van der Waals surface area contributed by atoms with Gasteiger partial charge in [-0.15, -0.1) is 0 Å². The normalized spacial score (nSPS) is 27.1. The molecule has 1 spiro atoms. The lowest BCUT2D eigenvalue weighted by Gasteiger charge is -2.61. The van der Waals surface area contributed by atoms with Gasteiger partial charge in [-0.25, -0.2) is 0 Å². The molecule has 0 heterocycles. The van der Waals surface area contributed by atoms with E-state index in [0.717, 1.165) is 13.2 Å². The van der Waals surface area contributed by atoms with Crippen molar-refractivity contribution in [3.63, 3.8) is 0 Å². The minimum atomic E-state index is 0.503. The van der Waals surface area contributed by atoms with Crippen LogP contribution in [0.2, 0.25) is 0 Å². The number of aryl methyl sites for hydroxylation is 1. The molecule has 0 aromatic heterocycles. The number of ether oxygens (including phenoxy) is 1. The van der Waals surface area contributed by atoms with Crippen LogP contribution in [-0.4, -0.2) is 25.3 Å². The van der Waals surface area contributed by atoms with Crippen molar-refractivity contribution in [2.75, 3.05) is 13.2 Å². The SMILES string of the molecule is CCOC1CC(NCCCc2ccccc2)C12CCC2. The Bertz CT molecular complexity index is 413. The molecule has 1 N–H and O–H groups in total. The van der Waals surface area contributed by atoms with Crippen molar-refractivity contribution in [3.8, 4) is 0 Å². The zero-order chi connectivity index (χ0) is 13.8. The maximum absolute atomic E-state index is 5.90. The van der Waals surface area contributed by atoms with Crippen LogP contribution in [0.1, 0.15) is 44.6 Å². The molecule has 0 saturated heterocycles. The maximum atomic E-state index is 5.90. The van der Waals surface area contributed by atoms with Crippen LogP contribution in [0.4, 0.5) is 0 Å². The summed E-state index contributed by atoms with van der Waals surface area (Å²) in [5.74, 6) is 0. The van der Waals surface area contributed by atoms with Gasteiger partial charge in [0.05, 0.1) is 6.10 Å². The molecule has 0 bridgehead atoms. The third-order valence-electron chi connectivity index (χ3n) is 5.31. The highest BCUT2D eigenvalue weighted by molar-refractivity contribution is 5.15.